The van der Waals surface area contributed by atoms with Crippen LogP contribution in [0.2, 0.25) is 0 Å². The number of likely N-dealkylation sites (tertiary alicyclic amines) is 1. The topological polar surface area (TPSA) is 84.4 Å². The first-order valence-corrected chi connectivity index (χ1v) is 6.90. The van der Waals surface area contributed by atoms with Crippen LogP contribution in [0, 0.1) is 0 Å². The highest BCUT2D eigenvalue weighted by molar-refractivity contribution is 5.92. The van der Waals surface area contributed by atoms with Crippen molar-refractivity contribution in [2.45, 2.75) is 38.3 Å². The molecule has 0 spiro atoms. The van der Waals surface area contributed by atoms with Gasteiger partial charge in [0.15, 0.2) is 0 Å². The predicted octanol–water partition coefficient (Wildman–Crippen LogP) is 0.219. The number of imidazole rings is 1. The second kappa shape index (κ2) is 6.68. The smallest absolute Gasteiger partial charge is 0.274 e. The van der Waals surface area contributed by atoms with Crippen molar-refractivity contribution in [1.29, 1.82) is 0 Å². The first kappa shape index (κ1) is 14.0. The van der Waals surface area contributed by atoms with Gasteiger partial charge in [-0.2, -0.15) is 0 Å². The Morgan fingerprint density at radius 2 is 2.32 bits per heavy atom. The number of aromatic nitrogens is 2. The summed E-state index contributed by atoms with van der Waals surface area (Å²) in [5.74, 6) is -0.0864. The van der Waals surface area contributed by atoms with Gasteiger partial charge >= 0.3 is 0 Å². The van der Waals surface area contributed by atoms with Crippen LogP contribution in [0.15, 0.2) is 12.5 Å². The van der Waals surface area contributed by atoms with E-state index >= 15 is 0 Å². The lowest BCUT2D eigenvalue weighted by molar-refractivity contribution is 0.0594. The molecule has 1 aromatic heterocycles. The molecule has 1 unspecified atom stereocenters. The quantitative estimate of drug-likeness (QED) is 0.816. The lowest BCUT2D eigenvalue weighted by atomic mass is 10.1. The molecule has 106 valence electrons. The fraction of sp³-hybridized carbons (Fsp3) is 0.692. The number of aliphatic hydroxyl groups excluding tert-OH is 1. The minimum absolute atomic E-state index is 0.0231. The monoisotopic (exact) mass is 266 g/mol. The van der Waals surface area contributed by atoms with Crippen molar-refractivity contribution >= 4 is 5.91 Å². The van der Waals surface area contributed by atoms with E-state index in [4.69, 9.17) is 5.73 Å². The van der Waals surface area contributed by atoms with Gasteiger partial charge in [0.25, 0.3) is 5.91 Å². The first-order chi connectivity index (χ1) is 9.26. The molecule has 19 heavy (non-hydrogen) atoms. The van der Waals surface area contributed by atoms with Crippen LogP contribution in [0.25, 0.3) is 0 Å². The molecule has 1 aromatic rings. The first-order valence-electron chi connectivity index (χ1n) is 6.90. The minimum Gasteiger partial charge on any atom is -0.394 e. The van der Waals surface area contributed by atoms with E-state index in [0.717, 1.165) is 25.7 Å². The fourth-order valence-corrected chi connectivity index (χ4v) is 2.52. The molecule has 1 amide bonds. The standard InChI is InChI=1S/C13H22N4O2/c14-5-7-16-8-12(15-10-16)13(19)17-6-3-1-2-4-11(17)9-18/h8,10-11,18H,1-7,9,14H2. The van der Waals surface area contributed by atoms with Crippen LogP contribution in [-0.4, -0.2) is 51.2 Å². The summed E-state index contributed by atoms with van der Waals surface area (Å²) in [6, 6.07) is -0.0744. The Hall–Kier alpha value is -1.40. The summed E-state index contributed by atoms with van der Waals surface area (Å²) in [4.78, 5) is 18.4. The van der Waals surface area contributed by atoms with Crippen LogP contribution >= 0.6 is 0 Å². The van der Waals surface area contributed by atoms with Crippen LogP contribution in [0.4, 0.5) is 0 Å². The molecule has 0 saturated carbocycles. The third-order valence-electron chi connectivity index (χ3n) is 3.59. The molecule has 0 bridgehead atoms. The van der Waals surface area contributed by atoms with Crippen molar-refractivity contribution < 1.29 is 9.90 Å². The van der Waals surface area contributed by atoms with Gasteiger partial charge in [-0.05, 0) is 12.8 Å². The molecule has 1 aliphatic heterocycles. The number of nitrogens with two attached hydrogens (primary N) is 1. The average molecular weight is 266 g/mol. The predicted molar refractivity (Wildman–Crippen MR) is 71.7 cm³/mol. The van der Waals surface area contributed by atoms with Gasteiger partial charge < -0.3 is 20.3 Å². The maximum absolute atomic E-state index is 12.4. The summed E-state index contributed by atoms with van der Waals surface area (Å²) >= 11 is 0. The molecule has 3 N–H and O–H groups in total. The van der Waals surface area contributed by atoms with E-state index in [-0.39, 0.29) is 18.6 Å². The molecule has 6 heteroatoms. The number of nitrogens with zero attached hydrogens (tertiary/aromatic N) is 3. The number of carbonyl (C=O) groups excluding carboxylic acids is 1. The molecule has 1 fully saturated rings. The van der Waals surface area contributed by atoms with E-state index < -0.39 is 0 Å². The molecule has 2 heterocycles. The Balaban J connectivity index is 2.10. The number of rotatable bonds is 4. The van der Waals surface area contributed by atoms with Gasteiger partial charge in [0.2, 0.25) is 0 Å². The van der Waals surface area contributed by atoms with E-state index in [1.165, 1.54) is 0 Å². The van der Waals surface area contributed by atoms with Crippen molar-refractivity contribution in [3.05, 3.63) is 18.2 Å². The molecule has 2 rings (SSSR count). The van der Waals surface area contributed by atoms with Crippen molar-refractivity contribution in [2.75, 3.05) is 19.7 Å². The maximum Gasteiger partial charge on any atom is 0.274 e. The van der Waals surface area contributed by atoms with Gasteiger partial charge in [-0.25, -0.2) is 4.98 Å². The fourth-order valence-electron chi connectivity index (χ4n) is 2.52. The largest absolute Gasteiger partial charge is 0.394 e. The average Bonchev–Trinajstić information content (AvgIpc) is 2.75. The third-order valence-corrected chi connectivity index (χ3v) is 3.59. The molecule has 1 saturated heterocycles. The van der Waals surface area contributed by atoms with Gasteiger partial charge in [0.1, 0.15) is 5.69 Å². The highest BCUT2D eigenvalue weighted by Gasteiger charge is 2.26. The maximum atomic E-state index is 12.4. The highest BCUT2D eigenvalue weighted by Crippen LogP contribution is 2.18. The Bertz CT molecular complexity index is 419. The van der Waals surface area contributed by atoms with Crippen molar-refractivity contribution in [2.24, 2.45) is 5.73 Å². The molecule has 1 atom stereocenters. The van der Waals surface area contributed by atoms with E-state index in [2.05, 4.69) is 4.98 Å². The normalized spacial score (nSPS) is 20.3. The highest BCUT2D eigenvalue weighted by atomic mass is 16.3. The number of hydrogen-bond donors (Lipinski definition) is 2. The summed E-state index contributed by atoms with van der Waals surface area (Å²) in [6.45, 7) is 1.90. The summed E-state index contributed by atoms with van der Waals surface area (Å²) in [6.07, 6.45) is 7.40. The Kier molecular flexibility index (Phi) is 4.93. The van der Waals surface area contributed by atoms with Gasteiger partial charge in [-0.15, -0.1) is 0 Å². The third kappa shape index (κ3) is 3.33. The molecule has 0 aromatic carbocycles. The summed E-state index contributed by atoms with van der Waals surface area (Å²) in [7, 11) is 0. The van der Waals surface area contributed by atoms with Crippen LogP contribution in [0.1, 0.15) is 36.2 Å². The molecular weight excluding hydrogens is 244 g/mol. The summed E-state index contributed by atoms with van der Waals surface area (Å²) in [5, 5.41) is 9.44. The molecule has 0 radical (unpaired) electrons. The van der Waals surface area contributed by atoms with Gasteiger partial charge in [-0.1, -0.05) is 12.8 Å². The van der Waals surface area contributed by atoms with Gasteiger partial charge in [-0.3, -0.25) is 4.79 Å². The van der Waals surface area contributed by atoms with E-state index in [0.29, 0.717) is 25.3 Å². The van der Waals surface area contributed by atoms with Gasteiger partial charge in [0, 0.05) is 25.8 Å². The second-order valence-corrected chi connectivity index (χ2v) is 4.97. The van der Waals surface area contributed by atoms with Crippen molar-refractivity contribution in [3.63, 3.8) is 0 Å². The summed E-state index contributed by atoms with van der Waals surface area (Å²) in [5.41, 5.74) is 5.91. The van der Waals surface area contributed by atoms with Crippen LogP contribution in [0.5, 0.6) is 0 Å². The Morgan fingerprint density at radius 3 is 3.05 bits per heavy atom. The van der Waals surface area contributed by atoms with Crippen LogP contribution in [0.3, 0.4) is 0 Å². The zero-order valence-corrected chi connectivity index (χ0v) is 11.2. The van der Waals surface area contributed by atoms with Gasteiger partial charge in [0.05, 0.1) is 19.0 Å². The zero-order valence-electron chi connectivity index (χ0n) is 11.2. The van der Waals surface area contributed by atoms with Crippen LogP contribution < -0.4 is 5.73 Å². The van der Waals surface area contributed by atoms with E-state index in [1.807, 2.05) is 4.57 Å². The van der Waals surface area contributed by atoms with Crippen LogP contribution in [-0.2, 0) is 6.54 Å². The number of amides is 1. The molecular formula is C13H22N4O2. The van der Waals surface area contributed by atoms with Crippen molar-refractivity contribution in [3.8, 4) is 0 Å². The number of hydrogen-bond acceptors (Lipinski definition) is 4. The number of carbonyl (C=O) groups is 1. The lowest BCUT2D eigenvalue weighted by Crippen LogP contribution is -2.42. The summed E-state index contributed by atoms with van der Waals surface area (Å²) < 4.78 is 1.82. The number of aliphatic hydroxyl groups is 1. The van der Waals surface area contributed by atoms with E-state index in [1.54, 1.807) is 17.4 Å². The van der Waals surface area contributed by atoms with E-state index in [9.17, 15) is 9.90 Å². The lowest BCUT2D eigenvalue weighted by Gasteiger charge is -2.27. The van der Waals surface area contributed by atoms with Crippen molar-refractivity contribution in [1.82, 2.24) is 14.5 Å². The zero-order chi connectivity index (χ0) is 13.7. The SMILES string of the molecule is NCCn1cnc(C(=O)N2CCCCCC2CO)c1. The molecule has 6 nitrogen and oxygen atoms in total. The molecule has 1 aliphatic rings. The minimum atomic E-state index is -0.0864. The second-order valence-electron chi connectivity index (χ2n) is 4.97. The Labute approximate surface area is 113 Å². The Morgan fingerprint density at radius 1 is 1.47 bits per heavy atom. The molecule has 0 aliphatic carbocycles.